The Bertz CT molecular complexity index is 768. The maximum Gasteiger partial charge on any atom is 0.227 e. The molecule has 2 saturated heterocycles. The zero-order chi connectivity index (χ0) is 17.4. The third-order valence-corrected chi connectivity index (χ3v) is 6.06. The van der Waals surface area contributed by atoms with E-state index < -0.39 is 0 Å². The minimum atomic E-state index is 0. The Hall–Kier alpha value is -1.55. The molecule has 0 N–H and O–H groups in total. The standard InChI is InChI=1S/C21H23ClN2O.ClH/c1-23-12-17-13-24(20(25)11-16-9-5-6-10-19(16)22)14-18(17)21(23)15-7-3-2-4-8-15;/h2-10,17-18,21H,11-14H2,1H3;1H/t17-,18+,21-;/m0./s1. The molecule has 3 nitrogen and oxygen atoms in total. The highest BCUT2D eigenvalue weighted by atomic mass is 35.5. The number of benzene rings is 2. The minimum Gasteiger partial charge on any atom is -0.342 e. The zero-order valence-corrected chi connectivity index (χ0v) is 16.4. The lowest BCUT2D eigenvalue weighted by molar-refractivity contribution is -0.129. The van der Waals surface area contributed by atoms with E-state index in [9.17, 15) is 4.79 Å². The first kappa shape index (κ1) is 19.2. The maximum atomic E-state index is 12.8. The molecule has 2 aliphatic heterocycles. The summed E-state index contributed by atoms with van der Waals surface area (Å²) >= 11 is 6.22. The molecule has 138 valence electrons. The van der Waals surface area contributed by atoms with Gasteiger partial charge in [0.2, 0.25) is 5.91 Å². The molecule has 3 atom stereocenters. The van der Waals surface area contributed by atoms with E-state index in [1.165, 1.54) is 5.56 Å². The quantitative estimate of drug-likeness (QED) is 0.788. The van der Waals surface area contributed by atoms with Gasteiger partial charge in [-0.1, -0.05) is 60.1 Å². The van der Waals surface area contributed by atoms with Crippen LogP contribution in [0.3, 0.4) is 0 Å². The molecule has 0 saturated carbocycles. The van der Waals surface area contributed by atoms with Crippen molar-refractivity contribution in [2.24, 2.45) is 11.8 Å². The van der Waals surface area contributed by atoms with Crippen LogP contribution in [0.2, 0.25) is 5.02 Å². The fraction of sp³-hybridized carbons (Fsp3) is 0.381. The van der Waals surface area contributed by atoms with E-state index in [0.717, 1.165) is 25.2 Å². The van der Waals surface area contributed by atoms with Crippen molar-refractivity contribution >= 4 is 29.9 Å². The van der Waals surface area contributed by atoms with E-state index in [1.807, 2.05) is 29.2 Å². The van der Waals surface area contributed by atoms with Crippen molar-refractivity contribution < 1.29 is 4.79 Å². The number of carbonyl (C=O) groups is 1. The van der Waals surface area contributed by atoms with E-state index >= 15 is 0 Å². The van der Waals surface area contributed by atoms with Crippen molar-refractivity contribution in [2.75, 3.05) is 26.7 Å². The van der Waals surface area contributed by atoms with Crippen molar-refractivity contribution in [1.29, 1.82) is 0 Å². The molecule has 0 bridgehead atoms. The average Bonchev–Trinajstić information content (AvgIpc) is 3.14. The zero-order valence-electron chi connectivity index (χ0n) is 14.8. The van der Waals surface area contributed by atoms with Gasteiger partial charge in [0.1, 0.15) is 0 Å². The summed E-state index contributed by atoms with van der Waals surface area (Å²) in [7, 11) is 2.20. The Labute approximate surface area is 166 Å². The van der Waals surface area contributed by atoms with Gasteiger partial charge in [0.05, 0.1) is 6.42 Å². The Morgan fingerprint density at radius 1 is 1.04 bits per heavy atom. The SMILES string of the molecule is CN1C[C@H]2CN(C(=O)Cc3ccccc3Cl)C[C@H]2[C@@H]1c1ccccc1.Cl. The molecule has 2 aliphatic rings. The van der Waals surface area contributed by atoms with Gasteiger partial charge in [-0.05, 0) is 30.2 Å². The van der Waals surface area contributed by atoms with Gasteiger partial charge >= 0.3 is 0 Å². The number of rotatable bonds is 3. The molecule has 0 spiro atoms. The summed E-state index contributed by atoms with van der Waals surface area (Å²) in [6.45, 7) is 2.76. The lowest BCUT2D eigenvalue weighted by atomic mass is 9.90. The van der Waals surface area contributed by atoms with Crippen molar-refractivity contribution in [3.8, 4) is 0 Å². The van der Waals surface area contributed by atoms with Gasteiger partial charge in [-0.15, -0.1) is 12.4 Å². The Morgan fingerprint density at radius 3 is 2.46 bits per heavy atom. The molecule has 2 fully saturated rings. The van der Waals surface area contributed by atoms with Crippen molar-refractivity contribution in [3.05, 3.63) is 70.7 Å². The van der Waals surface area contributed by atoms with Crippen LogP contribution in [0.4, 0.5) is 0 Å². The lowest BCUT2D eigenvalue weighted by Crippen LogP contribution is -2.34. The van der Waals surface area contributed by atoms with Crippen LogP contribution in [-0.4, -0.2) is 42.4 Å². The number of hydrogen-bond donors (Lipinski definition) is 0. The summed E-state index contributed by atoms with van der Waals surface area (Å²) < 4.78 is 0. The van der Waals surface area contributed by atoms with E-state index in [-0.39, 0.29) is 18.3 Å². The molecule has 4 rings (SSSR count). The highest BCUT2D eigenvalue weighted by Crippen LogP contribution is 2.44. The summed E-state index contributed by atoms with van der Waals surface area (Å²) in [4.78, 5) is 17.3. The van der Waals surface area contributed by atoms with Crippen LogP contribution in [0.1, 0.15) is 17.2 Å². The van der Waals surface area contributed by atoms with Gasteiger partial charge in [-0.25, -0.2) is 0 Å². The van der Waals surface area contributed by atoms with E-state index in [4.69, 9.17) is 11.6 Å². The number of hydrogen-bond acceptors (Lipinski definition) is 2. The number of halogens is 2. The Balaban J connectivity index is 0.00000196. The van der Waals surface area contributed by atoms with Crippen LogP contribution in [0.15, 0.2) is 54.6 Å². The predicted molar refractivity (Wildman–Crippen MR) is 108 cm³/mol. The third kappa shape index (κ3) is 3.62. The van der Waals surface area contributed by atoms with Crippen LogP contribution in [0.25, 0.3) is 0 Å². The molecule has 1 amide bonds. The number of amides is 1. The van der Waals surface area contributed by atoms with Gasteiger partial charge in [0.15, 0.2) is 0 Å². The number of likely N-dealkylation sites (tertiary alicyclic amines) is 2. The summed E-state index contributed by atoms with van der Waals surface area (Å²) in [5.74, 6) is 1.27. The second-order valence-corrected chi connectivity index (χ2v) is 7.69. The van der Waals surface area contributed by atoms with Gasteiger partial charge < -0.3 is 4.90 Å². The second-order valence-electron chi connectivity index (χ2n) is 7.29. The molecule has 2 aromatic carbocycles. The molecule has 0 unspecified atom stereocenters. The van der Waals surface area contributed by atoms with E-state index in [0.29, 0.717) is 29.3 Å². The van der Waals surface area contributed by atoms with Crippen molar-refractivity contribution in [2.45, 2.75) is 12.5 Å². The van der Waals surface area contributed by atoms with Crippen LogP contribution in [-0.2, 0) is 11.2 Å². The first-order valence-corrected chi connectivity index (χ1v) is 9.27. The smallest absolute Gasteiger partial charge is 0.227 e. The maximum absolute atomic E-state index is 12.8. The fourth-order valence-electron chi connectivity index (χ4n) is 4.53. The van der Waals surface area contributed by atoms with Crippen LogP contribution >= 0.6 is 24.0 Å². The minimum absolute atomic E-state index is 0. The van der Waals surface area contributed by atoms with E-state index in [2.05, 4.69) is 42.3 Å². The van der Waals surface area contributed by atoms with E-state index in [1.54, 1.807) is 0 Å². The average molecular weight is 391 g/mol. The number of carbonyl (C=O) groups excluding carboxylic acids is 1. The monoisotopic (exact) mass is 390 g/mol. The Morgan fingerprint density at radius 2 is 1.73 bits per heavy atom. The molecule has 26 heavy (non-hydrogen) atoms. The topological polar surface area (TPSA) is 23.6 Å². The van der Waals surface area contributed by atoms with Crippen molar-refractivity contribution in [3.63, 3.8) is 0 Å². The summed E-state index contributed by atoms with van der Waals surface area (Å²) in [6, 6.07) is 18.7. The van der Waals surface area contributed by atoms with Crippen LogP contribution < -0.4 is 0 Å². The summed E-state index contributed by atoms with van der Waals surface area (Å²) in [5, 5.41) is 0.678. The first-order valence-electron chi connectivity index (χ1n) is 8.90. The predicted octanol–water partition coefficient (Wildman–Crippen LogP) is 4.07. The molecule has 0 aliphatic carbocycles. The fourth-order valence-corrected chi connectivity index (χ4v) is 4.73. The van der Waals surface area contributed by atoms with Gasteiger partial charge in [-0.3, -0.25) is 9.69 Å². The largest absolute Gasteiger partial charge is 0.342 e. The molecule has 2 aromatic rings. The Kier molecular flexibility index (Phi) is 5.91. The number of fused-ring (bicyclic) bond motifs is 1. The molecule has 0 radical (unpaired) electrons. The molecular weight excluding hydrogens is 367 g/mol. The molecular formula is C21H24Cl2N2O. The summed E-state index contributed by atoms with van der Waals surface area (Å²) in [5.41, 5.74) is 2.28. The molecule has 0 aromatic heterocycles. The van der Waals surface area contributed by atoms with Gasteiger partial charge in [0.25, 0.3) is 0 Å². The highest BCUT2D eigenvalue weighted by molar-refractivity contribution is 6.31. The molecule has 5 heteroatoms. The van der Waals surface area contributed by atoms with Gasteiger partial charge in [0, 0.05) is 36.6 Å². The normalized spacial score (nSPS) is 25.0. The van der Waals surface area contributed by atoms with Crippen LogP contribution in [0, 0.1) is 11.8 Å². The van der Waals surface area contributed by atoms with Gasteiger partial charge in [-0.2, -0.15) is 0 Å². The number of nitrogens with zero attached hydrogens (tertiary/aromatic N) is 2. The lowest BCUT2D eigenvalue weighted by Gasteiger charge is -2.27. The van der Waals surface area contributed by atoms with Crippen molar-refractivity contribution in [1.82, 2.24) is 9.80 Å². The van der Waals surface area contributed by atoms with Crippen LogP contribution in [0.5, 0.6) is 0 Å². The molecule has 2 heterocycles. The summed E-state index contributed by atoms with van der Waals surface area (Å²) in [6.07, 6.45) is 0.394. The third-order valence-electron chi connectivity index (χ3n) is 5.69. The first-order chi connectivity index (χ1) is 12.1. The highest BCUT2D eigenvalue weighted by Gasteiger charge is 2.47. The second kappa shape index (κ2) is 7.99.